The zero-order valence-electron chi connectivity index (χ0n) is 13.1. The van der Waals surface area contributed by atoms with Crippen LogP contribution in [0.15, 0.2) is 54.6 Å². The fourth-order valence-electron chi connectivity index (χ4n) is 2.44. The molecule has 2 rings (SSSR count). The van der Waals surface area contributed by atoms with Gasteiger partial charge in [0, 0.05) is 11.6 Å². The van der Waals surface area contributed by atoms with Crippen LogP contribution in [0.1, 0.15) is 30.1 Å². The number of hydrogen-bond donors (Lipinski definition) is 2. The number of esters is 1. The fraction of sp³-hybridized carbons (Fsp3) is 0.278. The average Bonchev–Trinajstić information content (AvgIpc) is 2.59. The topological polar surface area (TPSA) is 58.6 Å². The van der Waals surface area contributed by atoms with E-state index in [4.69, 9.17) is 0 Å². The molecule has 0 aliphatic heterocycles. The number of carbonyl (C=O) groups is 1. The molecule has 2 N–H and O–H groups in total. The molecule has 122 valence electrons. The molecule has 3 atom stereocenters. The summed E-state index contributed by atoms with van der Waals surface area (Å²) in [5, 5.41) is 13.4. The van der Waals surface area contributed by atoms with Gasteiger partial charge < -0.3 is 15.2 Å². The molecular weight excluding hydrogens is 297 g/mol. The van der Waals surface area contributed by atoms with E-state index in [2.05, 4.69) is 10.1 Å². The van der Waals surface area contributed by atoms with Crippen molar-refractivity contribution in [3.8, 4) is 0 Å². The molecule has 0 unspecified atom stereocenters. The van der Waals surface area contributed by atoms with Crippen molar-refractivity contribution in [3.63, 3.8) is 0 Å². The van der Waals surface area contributed by atoms with Gasteiger partial charge in [-0.25, -0.2) is 9.18 Å². The molecule has 0 saturated carbocycles. The first-order chi connectivity index (χ1) is 11.0. The maximum absolute atomic E-state index is 14.1. The first-order valence-electron chi connectivity index (χ1n) is 7.36. The summed E-state index contributed by atoms with van der Waals surface area (Å²) in [7, 11) is 1.19. The molecular formula is C18H20FNO3. The van der Waals surface area contributed by atoms with Crippen molar-refractivity contribution in [2.45, 2.75) is 25.1 Å². The van der Waals surface area contributed by atoms with Crippen LogP contribution in [0.25, 0.3) is 0 Å². The lowest BCUT2D eigenvalue weighted by atomic mass is 9.98. The molecule has 0 saturated heterocycles. The van der Waals surface area contributed by atoms with Crippen molar-refractivity contribution in [2.75, 3.05) is 7.11 Å². The SMILES string of the molecule is COC(=O)[C@H](O)[C@@H](N[C@@H](C)c1ccccc1)c1ccccc1F. The Hall–Kier alpha value is -2.24. The number of aliphatic hydroxyl groups excluding tert-OH is 1. The van der Waals surface area contributed by atoms with Gasteiger partial charge in [-0.3, -0.25) is 0 Å². The molecule has 0 fully saturated rings. The largest absolute Gasteiger partial charge is 0.467 e. The molecule has 5 heteroatoms. The summed E-state index contributed by atoms with van der Waals surface area (Å²) < 4.78 is 18.7. The van der Waals surface area contributed by atoms with Crippen molar-refractivity contribution in [2.24, 2.45) is 0 Å². The lowest BCUT2D eigenvalue weighted by molar-refractivity contribution is -0.152. The van der Waals surface area contributed by atoms with Crippen LogP contribution in [0.3, 0.4) is 0 Å². The zero-order valence-corrected chi connectivity index (χ0v) is 13.1. The number of methoxy groups -OCH3 is 1. The molecule has 23 heavy (non-hydrogen) atoms. The van der Waals surface area contributed by atoms with Crippen molar-refractivity contribution in [1.82, 2.24) is 5.32 Å². The van der Waals surface area contributed by atoms with Gasteiger partial charge in [-0.05, 0) is 18.6 Å². The lowest BCUT2D eigenvalue weighted by Gasteiger charge is -2.27. The van der Waals surface area contributed by atoms with E-state index in [0.717, 1.165) is 5.56 Å². The van der Waals surface area contributed by atoms with Gasteiger partial charge in [-0.2, -0.15) is 0 Å². The second-order valence-electron chi connectivity index (χ2n) is 5.27. The first kappa shape index (κ1) is 17.1. The molecule has 0 heterocycles. The molecule has 2 aromatic rings. The molecule has 0 aliphatic rings. The first-order valence-corrected chi connectivity index (χ1v) is 7.36. The van der Waals surface area contributed by atoms with Gasteiger partial charge in [0.2, 0.25) is 0 Å². The van der Waals surface area contributed by atoms with Crippen molar-refractivity contribution >= 4 is 5.97 Å². The molecule has 0 spiro atoms. The third kappa shape index (κ3) is 4.15. The van der Waals surface area contributed by atoms with Gasteiger partial charge >= 0.3 is 5.97 Å². The van der Waals surface area contributed by atoms with E-state index in [1.54, 1.807) is 12.1 Å². The Morgan fingerprint density at radius 3 is 2.35 bits per heavy atom. The van der Waals surface area contributed by atoms with Crippen LogP contribution in [0, 0.1) is 5.82 Å². The van der Waals surface area contributed by atoms with E-state index in [1.807, 2.05) is 37.3 Å². The predicted octanol–water partition coefficient (Wildman–Crippen LogP) is 2.75. The molecule has 2 aromatic carbocycles. The maximum Gasteiger partial charge on any atom is 0.336 e. The number of benzene rings is 2. The minimum absolute atomic E-state index is 0.194. The van der Waals surface area contributed by atoms with E-state index < -0.39 is 23.9 Å². The lowest BCUT2D eigenvalue weighted by Crippen LogP contribution is -2.39. The smallest absolute Gasteiger partial charge is 0.336 e. The number of nitrogens with one attached hydrogen (secondary N) is 1. The third-order valence-corrected chi connectivity index (χ3v) is 3.73. The van der Waals surface area contributed by atoms with Crippen LogP contribution in [0.2, 0.25) is 0 Å². The summed E-state index contributed by atoms with van der Waals surface area (Å²) in [4.78, 5) is 11.7. The molecule has 0 aromatic heterocycles. The molecule has 0 amide bonds. The minimum Gasteiger partial charge on any atom is -0.467 e. The highest BCUT2D eigenvalue weighted by Gasteiger charge is 2.31. The molecule has 0 aliphatic carbocycles. The molecule has 4 nitrogen and oxygen atoms in total. The number of hydrogen-bond acceptors (Lipinski definition) is 4. The molecule has 0 bridgehead atoms. The third-order valence-electron chi connectivity index (χ3n) is 3.73. The van der Waals surface area contributed by atoms with Gasteiger partial charge in [0.1, 0.15) is 5.82 Å². The second-order valence-corrected chi connectivity index (χ2v) is 5.27. The van der Waals surface area contributed by atoms with E-state index in [9.17, 15) is 14.3 Å². The Kier molecular flexibility index (Phi) is 5.84. The van der Waals surface area contributed by atoms with E-state index in [-0.39, 0.29) is 11.6 Å². The van der Waals surface area contributed by atoms with Gasteiger partial charge in [-0.1, -0.05) is 48.5 Å². The number of rotatable bonds is 6. The Morgan fingerprint density at radius 1 is 1.13 bits per heavy atom. The number of halogens is 1. The normalized spacial score (nSPS) is 14.8. The van der Waals surface area contributed by atoms with Crippen LogP contribution >= 0.6 is 0 Å². The quantitative estimate of drug-likeness (QED) is 0.804. The number of ether oxygens (including phenoxy) is 1. The highest BCUT2D eigenvalue weighted by molar-refractivity contribution is 5.75. The van der Waals surface area contributed by atoms with Crippen molar-refractivity contribution in [1.29, 1.82) is 0 Å². The summed E-state index contributed by atoms with van der Waals surface area (Å²) in [5.41, 5.74) is 1.18. The summed E-state index contributed by atoms with van der Waals surface area (Å²) in [5.74, 6) is -1.31. The Labute approximate surface area is 134 Å². The van der Waals surface area contributed by atoms with Crippen molar-refractivity contribution < 1.29 is 19.0 Å². The van der Waals surface area contributed by atoms with Crippen LogP contribution in [0.5, 0.6) is 0 Å². The van der Waals surface area contributed by atoms with Gasteiger partial charge in [0.25, 0.3) is 0 Å². The van der Waals surface area contributed by atoms with E-state index in [1.165, 1.54) is 19.2 Å². The summed E-state index contributed by atoms with van der Waals surface area (Å²) in [6.45, 7) is 1.88. The fourth-order valence-corrected chi connectivity index (χ4v) is 2.44. The van der Waals surface area contributed by atoms with E-state index in [0.29, 0.717) is 0 Å². The maximum atomic E-state index is 14.1. The van der Waals surface area contributed by atoms with Gasteiger partial charge in [0.15, 0.2) is 6.10 Å². The highest BCUT2D eigenvalue weighted by atomic mass is 19.1. The highest BCUT2D eigenvalue weighted by Crippen LogP contribution is 2.25. The van der Waals surface area contributed by atoms with Crippen LogP contribution in [-0.4, -0.2) is 24.3 Å². The Bertz CT molecular complexity index is 648. The van der Waals surface area contributed by atoms with Gasteiger partial charge in [0.05, 0.1) is 13.2 Å². The van der Waals surface area contributed by atoms with Crippen LogP contribution < -0.4 is 5.32 Å². The monoisotopic (exact) mass is 317 g/mol. The Morgan fingerprint density at radius 2 is 1.74 bits per heavy atom. The molecule has 0 radical (unpaired) electrons. The summed E-state index contributed by atoms with van der Waals surface area (Å²) >= 11 is 0. The minimum atomic E-state index is -1.51. The Balaban J connectivity index is 2.30. The zero-order chi connectivity index (χ0) is 16.8. The van der Waals surface area contributed by atoms with Crippen LogP contribution in [-0.2, 0) is 9.53 Å². The van der Waals surface area contributed by atoms with Gasteiger partial charge in [-0.15, -0.1) is 0 Å². The summed E-state index contributed by atoms with van der Waals surface area (Å²) in [6.07, 6.45) is -1.51. The predicted molar refractivity (Wildman–Crippen MR) is 85.2 cm³/mol. The van der Waals surface area contributed by atoms with Crippen molar-refractivity contribution in [3.05, 3.63) is 71.5 Å². The number of aliphatic hydroxyl groups is 1. The summed E-state index contributed by atoms with van der Waals surface area (Å²) in [6, 6.07) is 14.4. The number of carbonyl (C=O) groups excluding carboxylic acids is 1. The van der Waals surface area contributed by atoms with Crippen LogP contribution in [0.4, 0.5) is 4.39 Å². The van der Waals surface area contributed by atoms with E-state index >= 15 is 0 Å². The second kappa shape index (κ2) is 7.85. The standard InChI is InChI=1S/C18H20FNO3/c1-12(13-8-4-3-5-9-13)20-16(17(21)18(22)23-2)14-10-6-7-11-15(14)19/h3-12,16-17,20-21H,1-2H3/t12-,16-,17+/m0/s1. The average molecular weight is 317 g/mol.